The Hall–Kier alpha value is -2.73. The number of amides is 2. The fourth-order valence-electron chi connectivity index (χ4n) is 3.81. The molecule has 154 valence electrons. The van der Waals surface area contributed by atoms with Crippen molar-refractivity contribution in [2.45, 2.75) is 25.8 Å². The van der Waals surface area contributed by atoms with Gasteiger partial charge in [0.1, 0.15) is 5.82 Å². The van der Waals surface area contributed by atoms with Gasteiger partial charge in [-0.3, -0.25) is 9.59 Å². The molecule has 0 saturated carbocycles. The number of benzene rings is 2. The molecule has 29 heavy (non-hydrogen) atoms. The molecule has 0 bridgehead atoms. The summed E-state index contributed by atoms with van der Waals surface area (Å²) in [6.45, 7) is 3.24. The molecule has 2 aromatic carbocycles. The van der Waals surface area contributed by atoms with Gasteiger partial charge in [-0.25, -0.2) is 4.39 Å². The lowest BCUT2D eigenvalue weighted by atomic mass is 9.87. The molecule has 2 aromatic rings. The van der Waals surface area contributed by atoms with Gasteiger partial charge in [0, 0.05) is 25.8 Å². The second-order valence-electron chi connectivity index (χ2n) is 7.45. The van der Waals surface area contributed by atoms with Crippen molar-refractivity contribution in [2.24, 2.45) is 5.92 Å². The Morgan fingerprint density at radius 3 is 2.62 bits per heavy atom. The number of carbonyl (C=O) groups is 2. The average Bonchev–Trinajstić information content (AvgIpc) is 2.73. The average molecular weight is 398 g/mol. The summed E-state index contributed by atoms with van der Waals surface area (Å²) in [7, 11) is 1.59. The molecule has 6 heteroatoms. The van der Waals surface area contributed by atoms with E-state index in [1.165, 1.54) is 24.3 Å². The largest absolute Gasteiger partial charge is 0.383 e. The van der Waals surface area contributed by atoms with E-state index in [0.29, 0.717) is 38.1 Å². The Kier molecular flexibility index (Phi) is 6.99. The maximum absolute atomic E-state index is 13.3. The fraction of sp³-hybridized carbons (Fsp3) is 0.391. The Morgan fingerprint density at radius 1 is 1.17 bits per heavy atom. The number of hydrogen-bond acceptors (Lipinski definition) is 3. The summed E-state index contributed by atoms with van der Waals surface area (Å²) < 4.78 is 18.3. The molecule has 1 aliphatic heterocycles. The van der Waals surface area contributed by atoms with E-state index in [4.69, 9.17) is 4.74 Å². The van der Waals surface area contributed by atoms with Gasteiger partial charge in [-0.2, -0.15) is 0 Å². The second kappa shape index (κ2) is 9.65. The summed E-state index contributed by atoms with van der Waals surface area (Å²) in [6.07, 6.45) is 1.39. The first-order valence-corrected chi connectivity index (χ1v) is 9.89. The van der Waals surface area contributed by atoms with Crippen LogP contribution in [0.2, 0.25) is 0 Å². The molecule has 1 heterocycles. The number of piperidine rings is 1. The van der Waals surface area contributed by atoms with Gasteiger partial charge in [-0.1, -0.05) is 29.8 Å². The standard InChI is InChI=1S/C23H27FN2O3/c1-16-4-3-5-18(14-16)21-11-8-19(22(27)25-12-13-29-2)15-26(21)23(28)17-6-9-20(24)10-7-17/h3-7,9-10,14,19,21H,8,11-13,15H2,1-2H3,(H,25,27)/t19-,21-/m1/s1. The second-order valence-corrected chi connectivity index (χ2v) is 7.45. The molecule has 1 fully saturated rings. The monoisotopic (exact) mass is 398 g/mol. The number of likely N-dealkylation sites (tertiary alicyclic amines) is 1. The van der Waals surface area contributed by atoms with Crippen LogP contribution < -0.4 is 5.32 Å². The van der Waals surface area contributed by atoms with E-state index in [0.717, 1.165) is 11.1 Å². The van der Waals surface area contributed by atoms with E-state index in [2.05, 4.69) is 11.4 Å². The van der Waals surface area contributed by atoms with E-state index in [-0.39, 0.29) is 29.6 Å². The van der Waals surface area contributed by atoms with E-state index in [1.807, 2.05) is 25.1 Å². The van der Waals surface area contributed by atoms with Gasteiger partial charge in [-0.05, 0) is 49.6 Å². The summed E-state index contributed by atoms with van der Waals surface area (Å²) in [5.74, 6) is -0.921. The Labute approximate surface area is 170 Å². The number of rotatable bonds is 6. The third-order valence-electron chi connectivity index (χ3n) is 5.34. The van der Waals surface area contributed by atoms with Crippen molar-refractivity contribution in [1.29, 1.82) is 0 Å². The highest BCUT2D eigenvalue weighted by Gasteiger charge is 2.35. The van der Waals surface area contributed by atoms with Gasteiger partial charge >= 0.3 is 0 Å². The molecule has 0 unspecified atom stereocenters. The minimum Gasteiger partial charge on any atom is -0.383 e. The first-order valence-electron chi connectivity index (χ1n) is 9.89. The van der Waals surface area contributed by atoms with Crippen LogP contribution in [0.5, 0.6) is 0 Å². The summed E-state index contributed by atoms with van der Waals surface area (Å²) in [6, 6.07) is 13.5. The molecular weight excluding hydrogens is 371 g/mol. The molecule has 1 N–H and O–H groups in total. The molecule has 0 aliphatic carbocycles. The molecular formula is C23H27FN2O3. The SMILES string of the molecule is COCCNC(=O)[C@@H]1CC[C@H](c2cccc(C)c2)N(C(=O)c2ccc(F)cc2)C1. The Balaban J connectivity index is 1.84. The van der Waals surface area contributed by atoms with Gasteiger partial charge in [0.25, 0.3) is 5.91 Å². The topological polar surface area (TPSA) is 58.6 Å². The molecule has 1 aliphatic rings. The number of halogens is 1. The van der Waals surface area contributed by atoms with Crippen LogP contribution in [-0.2, 0) is 9.53 Å². The van der Waals surface area contributed by atoms with Gasteiger partial charge in [0.05, 0.1) is 18.6 Å². The quantitative estimate of drug-likeness (QED) is 0.758. The lowest BCUT2D eigenvalue weighted by molar-refractivity contribution is -0.127. The van der Waals surface area contributed by atoms with E-state index < -0.39 is 0 Å². The van der Waals surface area contributed by atoms with Crippen molar-refractivity contribution in [1.82, 2.24) is 10.2 Å². The van der Waals surface area contributed by atoms with Crippen molar-refractivity contribution in [3.63, 3.8) is 0 Å². The number of ether oxygens (including phenoxy) is 1. The van der Waals surface area contributed by atoms with Gasteiger partial charge in [0.15, 0.2) is 0 Å². The predicted molar refractivity (Wildman–Crippen MR) is 109 cm³/mol. The molecule has 0 aromatic heterocycles. The van der Waals surface area contributed by atoms with E-state index in [9.17, 15) is 14.0 Å². The molecule has 2 amide bonds. The van der Waals surface area contributed by atoms with Crippen LogP contribution in [0, 0.1) is 18.7 Å². The Bertz CT molecular complexity index is 853. The first kappa shape index (κ1) is 21.0. The van der Waals surface area contributed by atoms with Crippen LogP contribution in [0.3, 0.4) is 0 Å². The zero-order valence-corrected chi connectivity index (χ0v) is 16.9. The summed E-state index contributed by atoms with van der Waals surface area (Å²) in [4.78, 5) is 27.6. The minimum absolute atomic E-state index is 0.0679. The van der Waals surface area contributed by atoms with Crippen LogP contribution in [-0.4, -0.2) is 43.5 Å². The number of aryl methyl sites for hydroxylation is 1. The predicted octanol–water partition coefficient (Wildman–Crippen LogP) is 3.49. The normalized spacial score (nSPS) is 19.1. The molecule has 0 radical (unpaired) electrons. The number of methoxy groups -OCH3 is 1. The van der Waals surface area contributed by atoms with Crippen molar-refractivity contribution in [3.8, 4) is 0 Å². The molecule has 3 rings (SSSR count). The highest BCUT2D eigenvalue weighted by atomic mass is 19.1. The summed E-state index contributed by atoms with van der Waals surface area (Å²) in [5, 5.41) is 2.87. The third-order valence-corrected chi connectivity index (χ3v) is 5.34. The van der Waals surface area contributed by atoms with Crippen LogP contribution in [0.15, 0.2) is 48.5 Å². The van der Waals surface area contributed by atoms with E-state index in [1.54, 1.807) is 12.0 Å². The zero-order valence-electron chi connectivity index (χ0n) is 16.9. The van der Waals surface area contributed by atoms with Crippen LogP contribution in [0.25, 0.3) is 0 Å². The van der Waals surface area contributed by atoms with Gasteiger partial charge in [-0.15, -0.1) is 0 Å². The molecule has 0 spiro atoms. The van der Waals surface area contributed by atoms with Crippen LogP contribution in [0.4, 0.5) is 4.39 Å². The van der Waals surface area contributed by atoms with E-state index >= 15 is 0 Å². The zero-order chi connectivity index (χ0) is 20.8. The van der Waals surface area contributed by atoms with Crippen LogP contribution in [0.1, 0.15) is 40.4 Å². The summed E-state index contributed by atoms with van der Waals surface area (Å²) in [5.41, 5.74) is 2.60. The number of nitrogens with one attached hydrogen (secondary N) is 1. The first-order chi connectivity index (χ1) is 14.0. The van der Waals surface area contributed by atoms with Crippen molar-refractivity contribution < 1.29 is 18.7 Å². The molecule has 2 atom stereocenters. The summed E-state index contributed by atoms with van der Waals surface area (Å²) >= 11 is 0. The highest BCUT2D eigenvalue weighted by Crippen LogP contribution is 2.35. The van der Waals surface area contributed by atoms with Crippen molar-refractivity contribution >= 4 is 11.8 Å². The van der Waals surface area contributed by atoms with Crippen molar-refractivity contribution in [3.05, 3.63) is 71.0 Å². The smallest absolute Gasteiger partial charge is 0.254 e. The van der Waals surface area contributed by atoms with Gasteiger partial charge < -0.3 is 15.0 Å². The fourth-order valence-corrected chi connectivity index (χ4v) is 3.81. The third kappa shape index (κ3) is 5.21. The molecule has 5 nitrogen and oxygen atoms in total. The lowest BCUT2D eigenvalue weighted by Gasteiger charge is -2.39. The van der Waals surface area contributed by atoms with Gasteiger partial charge in [0.2, 0.25) is 5.91 Å². The minimum atomic E-state index is -0.383. The Morgan fingerprint density at radius 2 is 1.93 bits per heavy atom. The number of carbonyl (C=O) groups excluding carboxylic acids is 2. The number of hydrogen-bond donors (Lipinski definition) is 1. The van der Waals surface area contributed by atoms with Crippen molar-refractivity contribution in [2.75, 3.05) is 26.8 Å². The highest BCUT2D eigenvalue weighted by molar-refractivity contribution is 5.95. The number of nitrogens with zero attached hydrogens (tertiary/aromatic N) is 1. The van der Waals surface area contributed by atoms with Crippen LogP contribution >= 0.6 is 0 Å². The lowest BCUT2D eigenvalue weighted by Crippen LogP contribution is -2.47. The molecule has 1 saturated heterocycles. The maximum Gasteiger partial charge on any atom is 0.254 e. The maximum atomic E-state index is 13.3.